The summed E-state index contributed by atoms with van der Waals surface area (Å²) in [5, 5.41) is 28.8. The van der Waals surface area contributed by atoms with Crippen LogP contribution in [0.4, 0.5) is 5.69 Å². The number of fused-ring (bicyclic) bond motifs is 1. The third kappa shape index (κ3) is 5.10. The number of anilines is 1. The van der Waals surface area contributed by atoms with E-state index in [9.17, 15) is 5.11 Å². The van der Waals surface area contributed by atoms with Crippen molar-refractivity contribution >= 4 is 5.69 Å². The van der Waals surface area contributed by atoms with Crippen LogP contribution in [-0.4, -0.2) is 37.9 Å². The van der Waals surface area contributed by atoms with Crippen LogP contribution in [0.25, 0.3) is 11.1 Å². The van der Waals surface area contributed by atoms with Gasteiger partial charge in [-0.25, -0.2) is 0 Å². The minimum Gasteiger partial charge on any atom is -0.493 e. The highest BCUT2D eigenvalue weighted by Gasteiger charge is 2.56. The minimum absolute atomic E-state index is 0.249. The number of aryl methyl sites for hydroxylation is 2. The molecule has 1 fully saturated rings. The Bertz CT molecular complexity index is 1510. The summed E-state index contributed by atoms with van der Waals surface area (Å²) in [7, 11) is 0. The summed E-state index contributed by atoms with van der Waals surface area (Å²) in [4.78, 5) is 0. The predicted molar refractivity (Wildman–Crippen MR) is 158 cm³/mol. The maximum absolute atomic E-state index is 9.99. The van der Waals surface area contributed by atoms with Gasteiger partial charge in [0.2, 0.25) is 0 Å². The van der Waals surface area contributed by atoms with Crippen LogP contribution < -0.4 is 10.1 Å². The molecule has 0 bridgehead atoms. The number of rotatable bonds is 9. The van der Waals surface area contributed by atoms with Crippen molar-refractivity contribution in [2.75, 3.05) is 11.9 Å². The normalized spacial score (nSPS) is 17.2. The second kappa shape index (κ2) is 10.0. The lowest BCUT2D eigenvalue weighted by molar-refractivity contribution is 0.0553. The largest absolute Gasteiger partial charge is 0.493 e. The molecule has 1 saturated carbocycles. The highest BCUT2D eigenvalue weighted by molar-refractivity contribution is 5.75. The molecule has 7 heteroatoms. The van der Waals surface area contributed by atoms with E-state index in [0.717, 1.165) is 30.2 Å². The van der Waals surface area contributed by atoms with E-state index in [0.29, 0.717) is 13.0 Å². The molecule has 1 unspecified atom stereocenters. The number of aromatic amines is 1. The highest BCUT2D eigenvalue weighted by atomic mass is 16.5. The van der Waals surface area contributed by atoms with Crippen LogP contribution in [0.2, 0.25) is 0 Å². The van der Waals surface area contributed by atoms with Crippen LogP contribution >= 0.6 is 0 Å². The molecule has 6 rings (SSSR count). The number of hydrogen-bond acceptors (Lipinski definition) is 6. The molecule has 208 valence electrons. The highest BCUT2D eigenvalue weighted by Crippen LogP contribution is 2.64. The molecule has 7 nitrogen and oxygen atoms in total. The molecule has 1 spiro atoms. The maximum Gasteiger partial charge on any atom is 0.182 e. The molecule has 2 aliphatic rings. The molecule has 4 aromatic rings. The number of aliphatic hydroxyl groups is 1. The third-order valence-corrected chi connectivity index (χ3v) is 8.81. The van der Waals surface area contributed by atoms with Crippen LogP contribution in [0.15, 0.2) is 48.5 Å². The Labute approximate surface area is 236 Å². The Balaban J connectivity index is 1.18. The predicted octanol–water partition coefficient (Wildman–Crippen LogP) is 6.41. The van der Waals surface area contributed by atoms with Crippen molar-refractivity contribution in [3.05, 3.63) is 87.7 Å². The monoisotopic (exact) mass is 537 g/mol. The van der Waals surface area contributed by atoms with Crippen LogP contribution in [0, 0.1) is 26.2 Å². The fraction of sp³-hybridized carbons (Fsp3) is 0.424. The molecule has 3 N–H and O–H groups in total. The Morgan fingerprint density at radius 3 is 2.52 bits per heavy atom. The van der Waals surface area contributed by atoms with Crippen LogP contribution in [0.3, 0.4) is 0 Å². The first-order valence-corrected chi connectivity index (χ1v) is 14.3. The summed E-state index contributed by atoms with van der Waals surface area (Å²) in [6, 6.07) is 17.6. The number of ether oxygens (including phenoxy) is 1. The standard InChI is InChI=1S/C33H39N5O2/c1-20-15-26(40-14-13-32(4,5)39)16-21(2)29(20)27-8-6-7-23(22(27)3)19-34-25-9-10-28-24(17-25)18-33(11-12-33)30(28)31-35-37-38-36-31/h6-10,15-17,30,34,39H,11-14,18-19H2,1-5H3,(H,35,36,37,38). The first-order chi connectivity index (χ1) is 19.1. The zero-order valence-corrected chi connectivity index (χ0v) is 24.1. The minimum atomic E-state index is -0.730. The van der Waals surface area contributed by atoms with Crippen molar-refractivity contribution in [2.24, 2.45) is 5.41 Å². The molecule has 3 aromatic carbocycles. The SMILES string of the molecule is Cc1cc(OCCC(C)(C)O)cc(C)c1-c1cccc(CNc2ccc3c(c2)CC2(CC2)C3c2nn[nH]n2)c1C. The van der Waals surface area contributed by atoms with Gasteiger partial charge >= 0.3 is 0 Å². The molecule has 1 atom stereocenters. The molecular formula is C33H39N5O2. The van der Waals surface area contributed by atoms with E-state index in [1.807, 2.05) is 13.8 Å². The number of nitrogens with one attached hydrogen (secondary N) is 2. The van der Waals surface area contributed by atoms with Gasteiger partial charge in [0.1, 0.15) is 5.75 Å². The lowest BCUT2D eigenvalue weighted by Crippen LogP contribution is -2.21. The van der Waals surface area contributed by atoms with Crippen molar-refractivity contribution in [3.63, 3.8) is 0 Å². The lowest BCUT2D eigenvalue weighted by Gasteiger charge is -2.20. The quantitative estimate of drug-likeness (QED) is 0.228. The zero-order valence-electron chi connectivity index (χ0n) is 24.1. The second-order valence-corrected chi connectivity index (χ2v) is 12.4. The third-order valence-electron chi connectivity index (χ3n) is 8.81. The summed E-state index contributed by atoms with van der Waals surface area (Å²) in [6.45, 7) is 11.4. The topological polar surface area (TPSA) is 96.0 Å². The molecular weight excluding hydrogens is 498 g/mol. The van der Waals surface area contributed by atoms with E-state index < -0.39 is 5.60 Å². The molecule has 1 heterocycles. The fourth-order valence-electron chi connectivity index (χ4n) is 6.49. The average Bonchev–Trinajstić information content (AvgIpc) is 3.31. The first-order valence-electron chi connectivity index (χ1n) is 14.3. The van der Waals surface area contributed by atoms with Gasteiger partial charge in [0, 0.05) is 18.7 Å². The average molecular weight is 538 g/mol. The Morgan fingerprint density at radius 1 is 1.07 bits per heavy atom. The molecule has 0 saturated heterocycles. The van der Waals surface area contributed by atoms with Crippen molar-refractivity contribution in [1.29, 1.82) is 0 Å². The van der Waals surface area contributed by atoms with E-state index >= 15 is 0 Å². The van der Waals surface area contributed by atoms with Crippen LogP contribution in [-0.2, 0) is 13.0 Å². The molecule has 1 aromatic heterocycles. The smallest absolute Gasteiger partial charge is 0.182 e. The van der Waals surface area contributed by atoms with Gasteiger partial charge in [0.05, 0.1) is 18.1 Å². The number of tetrazole rings is 1. The van der Waals surface area contributed by atoms with Gasteiger partial charge in [-0.2, -0.15) is 5.21 Å². The van der Waals surface area contributed by atoms with Gasteiger partial charge in [-0.3, -0.25) is 0 Å². The van der Waals surface area contributed by atoms with E-state index in [4.69, 9.17) is 4.74 Å². The van der Waals surface area contributed by atoms with Crippen molar-refractivity contribution in [3.8, 4) is 16.9 Å². The molecule has 0 radical (unpaired) electrons. The van der Waals surface area contributed by atoms with Crippen molar-refractivity contribution < 1.29 is 9.84 Å². The van der Waals surface area contributed by atoms with Crippen LogP contribution in [0.1, 0.15) is 78.2 Å². The van der Waals surface area contributed by atoms with E-state index in [1.54, 1.807) is 0 Å². The van der Waals surface area contributed by atoms with Gasteiger partial charge in [0.15, 0.2) is 5.82 Å². The summed E-state index contributed by atoms with van der Waals surface area (Å²) in [6.07, 6.45) is 4.12. The fourth-order valence-corrected chi connectivity index (χ4v) is 6.49. The number of benzene rings is 3. The maximum atomic E-state index is 9.99. The summed E-state index contributed by atoms with van der Waals surface area (Å²) in [5.74, 6) is 1.92. The number of hydrogen-bond donors (Lipinski definition) is 3. The van der Waals surface area contributed by atoms with Gasteiger partial charge in [-0.15, -0.1) is 10.2 Å². The number of H-pyrrole nitrogens is 1. The Hall–Kier alpha value is -3.71. The number of nitrogens with zero attached hydrogens (tertiary/aromatic N) is 3. The van der Waals surface area contributed by atoms with E-state index in [2.05, 4.69) is 95.2 Å². The van der Waals surface area contributed by atoms with Gasteiger partial charge in [-0.1, -0.05) is 29.5 Å². The number of aromatic nitrogens is 4. The molecule has 0 aliphatic heterocycles. The Morgan fingerprint density at radius 2 is 1.85 bits per heavy atom. The molecule has 2 aliphatic carbocycles. The van der Waals surface area contributed by atoms with E-state index in [1.165, 1.54) is 57.3 Å². The van der Waals surface area contributed by atoms with Crippen molar-refractivity contribution in [1.82, 2.24) is 20.6 Å². The van der Waals surface area contributed by atoms with Gasteiger partial charge < -0.3 is 15.2 Å². The summed E-state index contributed by atoms with van der Waals surface area (Å²) in [5.41, 5.74) is 10.9. The summed E-state index contributed by atoms with van der Waals surface area (Å²) >= 11 is 0. The van der Waals surface area contributed by atoms with Gasteiger partial charge in [-0.05, 0) is 128 Å². The lowest BCUT2D eigenvalue weighted by atomic mass is 9.89. The molecule has 0 amide bonds. The summed E-state index contributed by atoms with van der Waals surface area (Å²) < 4.78 is 5.97. The van der Waals surface area contributed by atoms with Gasteiger partial charge in [0.25, 0.3) is 0 Å². The molecule has 40 heavy (non-hydrogen) atoms. The zero-order chi connectivity index (χ0) is 28.1. The second-order valence-electron chi connectivity index (χ2n) is 12.4. The van der Waals surface area contributed by atoms with Crippen LogP contribution in [0.5, 0.6) is 5.75 Å². The Kier molecular flexibility index (Phi) is 6.65. The van der Waals surface area contributed by atoms with Crippen molar-refractivity contribution in [2.45, 2.75) is 78.4 Å². The first kappa shape index (κ1) is 26.5. The van der Waals surface area contributed by atoms with E-state index in [-0.39, 0.29) is 11.3 Å².